The molecule has 0 spiro atoms. The largest absolute Gasteiger partial charge is 0.509 e. The molecule has 71 heavy (non-hydrogen) atoms. The summed E-state index contributed by atoms with van der Waals surface area (Å²) in [7, 11) is 0. The fraction of sp³-hybridized carbons (Fsp3) is 0.0769. The van der Waals surface area contributed by atoms with Crippen LogP contribution in [-0.2, 0) is 26.5 Å². The molecule has 0 saturated carbocycles. The molecule has 0 atom stereocenters. The molecule has 0 fully saturated rings. The van der Waals surface area contributed by atoms with Crippen molar-refractivity contribution < 1.29 is 25.8 Å². The van der Waals surface area contributed by atoms with Crippen LogP contribution < -0.4 is 14.5 Å². The molecule has 0 bridgehead atoms. The van der Waals surface area contributed by atoms with E-state index in [2.05, 4.69) is 249 Å². The first-order valence-electron chi connectivity index (χ1n) is 23.9. The van der Waals surface area contributed by atoms with Crippen LogP contribution in [0, 0.1) is 25.7 Å². The number of para-hydroxylation sites is 4. The number of nitrogens with zero attached hydrogens (tertiary/aromatic N) is 4. The fourth-order valence-electron chi connectivity index (χ4n) is 9.91. The Hall–Kier alpha value is -7.98. The van der Waals surface area contributed by atoms with E-state index in [9.17, 15) is 0 Å². The number of rotatable bonds is 9. The van der Waals surface area contributed by atoms with Crippen LogP contribution in [0.15, 0.2) is 219 Å². The molecule has 0 amide bonds. The molecule has 11 aromatic rings. The number of aromatic nitrogens is 2. The van der Waals surface area contributed by atoms with E-state index >= 15 is 0 Å². The average Bonchev–Trinajstić information content (AvgIpc) is 3.95. The number of ether oxygens (including phenoxy) is 1. The molecule has 2 aromatic heterocycles. The van der Waals surface area contributed by atoms with Crippen molar-refractivity contribution in [2.24, 2.45) is 0 Å². The molecule has 1 aliphatic rings. The van der Waals surface area contributed by atoms with Crippen LogP contribution in [0.25, 0.3) is 72.1 Å². The van der Waals surface area contributed by atoms with Crippen LogP contribution >= 0.6 is 0 Å². The van der Waals surface area contributed by atoms with Crippen LogP contribution in [0.5, 0.6) is 11.5 Å². The van der Waals surface area contributed by atoms with Crippen molar-refractivity contribution in [3.63, 3.8) is 0 Å². The van der Waals surface area contributed by atoms with Gasteiger partial charge in [0, 0.05) is 78.0 Å². The molecule has 6 heteroatoms. The molecule has 12 rings (SSSR count). The van der Waals surface area contributed by atoms with Crippen molar-refractivity contribution in [2.75, 3.05) is 9.80 Å². The van der Waals surface area contributed by atoms with Gasteiger partial charge in [0.05, 0.1) is 0 Å². The van der Waals surface area contributed by atoms with Crippen molar-refractivity contribution in [3.05, 3.63) is 248 Å². The third-order valence-corrected chi connectivity index (χ3v) is 13.5. The van der Waals surface area contributed by atoms with E-state index in [1.165, 1.54) is 16.7 Å². The summed E-state index contributed by atoms with van der Waals surface area (Å²) < 4.78 is 8.90. The summed E-state index contributed by atoms with van der Waals surface area (Å²) in [5.74, 6) is 2.00. The van der Waals surface area contributed by atoms with Crippen LogP contribution in [0.2, 0.25) is 0 Å². The van der Waals surface area contributed by atoms with Crippen LogP contribution in [0.4, 0.5) is 22.7 Å². The second kappa shape index (κ2) is 18.7. The summed E-state index contributed by atoms with van der Waals surface area (Å²) >= 11 is 0. The Labute approximate surface area is 430 Å². The number of fused-ring (bicyclic) bond motifs is 4. The summed E-state index contributed by atoms with van der Waals surface area (Å²) in [6, 6.07) is 82.3. The quantitative estimate of drug-likeness (QED) is 0.135. The summed E-state index contributed by atoms with van der Waals surface area (Å²) in [5.41, 5.74) is 17.6. The molecule has 0 radical (unpaired) electrons. The van der Waals surface area contributed by atoms with Crippen molar-refractivity contribution in [1.29, 1.82) is 0 Å². The minimum Gasteiger partial charge on any atom is -0.509 e. The van der Waals surface area contributed by atoms with Crippen LogP contribution in [-0.4, -0.2) is 9.55 Å². The van der Waals surface area contributed by atoms with E-state index in [0.29, 0.717) is 11.5 Å². The van der Waals surface area contributed by atoms with Gasteiger partial charge in [0.25, 0.3) is 0 Å². The van der Waals surface area contributed by atoms with E-state index < -0.39 is 0 Å². The summed E-state index contributed by atoms with van der Waals surface area (Å²) in [6.07, 6.45) is 1.98. The van der Waals surface area contributed by atoms with Gasteiger partial charge in [-0.3, -0.25) is 0 Å². The number of anilines is 4. The zero-order valence-corrected chi connectivity index (χ0v) is 42.1. The van der Waals surface area contributed by atoms with Crippen molar-refractivity contribution in [1.82, 2.24) is 9.55 Å². The Morgan fingerprint density at radius 3 is 1.85 bits per heavy atom. The summed E-state index contributed by atoms with van der Waals surface area (Å²) in [5, 5.41) is 2.20. The number of pyridine rings is 1. The number of hydrogen-bond acceptors (Lipinski definition) is 4. The normalized spacial score (nSPS) is 12.3. The standard InChI is InChI=1S/C65H49N4O.Pt/c1-44-38-63(66-42-58(44)46-20-9-6-10-21-46)69-59-29-12-11-26-56(59)57-37-36-53(41-62(57)69)70-52-25-16-24-51(40-52)67-43-68(61-31-14-13-30-60(61)67)64-54(47-32-34-50(35-33-47)65(2,3)4)27-17-28-55(64)49-23-15-22-48(39-49)45-18-7-5-8-19-45;/h5-39,42-43H,1-4H3;/q-3;. The minimum atomic E-state index is 0. The zero-order chi connectivity index (χ0) is 47.3. The second-order valence-corrected chi connectivity index (χ2v) is 19.0. The van der Waals surface area contributed by atoms with Gasteiger partial charge in [0.1, 0.15) is 5.82 Å². The van der Waals surface area contributed by atoms with E-state index in [1.807, 2.05) is 30.5 Å². The molecule has 0 N–H and O–H groups in total. The molecular formula is C65H49N4OPt-3. The first-order chi connectivity index (χ1) is 34.2. The third-order valence-electron chi connectivity index (χ3n) is 13.5. The number of aryl methyl sites for hydroxylation is 1. The van der Waals surface area contributed by atoms with Gasteiger partial charge in [-0.05, 0) is 87.0 Å². The van der Waals surface area contributed by atoms with E-state index in [1.54, 1.807) is 0 Å². The Balaban J connectivity index is 0.00000547. The second-order valence-electron chi connectivity index (χ2n) is 19.0. The summed E-state index contributed by atoms with van der Waals surface area (Å²) in [6.45, 7) is 11.1. The zero-order valence-electron chi connectivity index (χ0n) is 39.9. The van der Waals surface area contributed by atoms with Gasteiger partial charge in [-0.15, -0.1) is 48.1 Å². The molecule has 3 heterocycles. The maximum absolute atomic E-state index is 6.71. The van der Waals surface area contributed by atoms with Gasteiger partial charge in [-0.25, -0.2) is 4.98 Å². The van der Waals surface area contributed by atoms with E-state index in [0.717, 1.165) is 89.3 Å². The molecule has 348 valence electrons. The monoisotopic (exact) mass is 1100 g/mol. The molecule has 0 aliphatic carbocycles. The molecule has 5 nitrogen and oxygen atoms in total. The van der Waals surface area contributed by atoms with Crippen molar-refractivity contribution >= 4 is 44.6 Å². The maximum atomic E-state index is 6.71. The number of benzene rings is 9. The van der Waals surface area contributed by atoms with Gasteiger partial charge in [-0.1, -0.05) is 178 Å². The maximum Gasteiger partial charge on any atom is 0.135 e. The molecule has 9 aromatic carbocycles. The molecular weight excluding hydrogens is 1050 g/mol. The SMILES string of the molecule is Cc1cc(-n2c3[c-]c(Oc4[c-]c(N5[CH-]N(c6c(-c7ccc(C(C)(C)C)cc7)cccc6-c6cccc(-c7ccccc7)c6)c6ccccc65)ccc4)ccc3c3ccccc32)ncc1-c1ccccc1.[Pt]. The Bertz CT molecular complexity index is 3730. The van der Waals surface area contributed by atoms with E-state index in [-0.39, 0.29) is 26.5 Å². The molecule has 0 unspecified atom stereocenters. The Morgan fingerprint density at radius 1 is 0.493 bits per heavy atom. The topological polar surface area (TPSA) is 33.5 Å². The van der Waals surface area contributed by atoms with Crippen molar-refractivity contribution in [3.8, 4) is 61.8 Å². The first kappa shape index (κ1) is 45.5. The first-order valence-corrected chi connectivity index (χ1v) is 23.9. The molecule has 1 aliphatic heterocycles. The van der Waals surface area contributed by atoms with Crippen LogP contribution in [0.1, 0.15) is 31.9 Å². The number of hydrogen-bond donors (Lipinski definition) is 0. The van der Waals surface area contributed by atoms with Gasteiger partial charge in [0.15, 0.2) is 0 Å². The van der Waals surface area contributed by atoms with Crippen molar-refractivity contribution in [2.45, 2.75) is 33.1 Å². The molecule has 0 saturated heterocycles. The van der Waals surface area contributed by atoms with Crippen LogP contribution in [0.3, 0.4) is 0 Å². The fourth-order valence-corrected chi connectivity index (χ4v) is 9.91. The minimum absolute atomic E-state index is 0. The summed E-state index contributed by atoms with van der Waals surface area (Å²) in [4.78, 5) is 9.59. The Kier molecular flexibility index (Phi) is 12.0. The van der Waals surface area contributed by atoms with Gasteiger partial charge in [0.2, 0.25) is 0 Å². The van der Waals surface area contributed by atoms with Gasteiger partial charge >= 0.3 is 0 Å². The predicted molar refractivity (Wildman–Crippen MR) is 289 cm³/mol. The Morgan fingerprint density at radius 2 is 1.10 bits per heavy atom. The average molecular weight is 1100 g/mol. The van der Waals surface area contributed by atoms with Gasteiger partial charge in [-0.2, -0.15) is 12.1 Å². The van der Waals surface area contributed by atoms with E-state index in [4.69, 9.17) is 9.72 Å². The predicted octanol–water partition coefficient (Wildman–Crippen LogP) is 17.3. The third kappa shape index (κ3) is 8.51. The van der Waals surface area contributed by atoms with Gasteiger partial charge < -0.3 is 19.1 Å². The smallest absolute Gasteiger partial charge is 0.135 e.